The maximum Gasteiger partial charge on any atom is 0.258 e. The van der Waals surface area contributed by atoms with Crippen LogP contribution in [-0.4, -0.2) is 15.2 Å². The summed E-state index contributed by atoms with van der Waals surface area (Å²) in [5.74, 6) is 0.630. The van der Waals surface area contributed by atoms with Crippen LogP contribution in [0.1, 0.15) is 5.56 Å². The van der Waals surface area contributed by atoms with Crippen LogP contribution in [-0.2, 0) is 0 Å². The first-order valence-corrected chi connectivity index (χ1v) is 6.03. The molecule has 0 saturated carbocycles. The van der Waals surface area contributed by atoms with Crippen LogP contribution in [0.5, 0.6) is 5.75 Å². The fourth-order valence-electron chi connectivity index (χ4n) is 1.93. The normalized spacial score (nSPS) is 10.7. The highest BCUT2D eigenvalue weighted by Crippen LogP contribution is 2.25. The highest BCUT2D eigenvalue weighted by molar-refractivity contribution is 5.62. The van der Waals surface area contributed by atoms with E-state index in [1.165, 1.54) is 12.1 Å². The van der Waals surface area contributed by atoms with E-state index in [4.69, 9.17) is 4.52 Å². The first-order chi connectivity index (χ1) is 9.63. The van der Waals surface area contributed by atoms with E-state index in [1.54, 1.807) is 37.3 Å². The Hall–Kier alpha value is -2.69. The zero-order valence-electron chi connectivity index (χ0n) is 10.7. The van der Waals surface area contributed by atoms with Gasteiger partial charge in [0.2, 0.25) is 5.82 Å². The van der Waals surface area contributed by atoms with Gasteiger partial charge in [0.1, 0.15) is 11.6 Å². The van der Waals surface area contributed by atoms with Gasteiger partial charge >= 0.3 is 0 Å². The Morgan fingerprint density at radius 3 is 2.55 bits per heavy atom. The fraction of sp³-hybridized carbons (Fsp3) is 0.0667. The van der Waals surface area contributed by atoms with Crippen molar-refractivity contribution in [2.24, 2.45) is 0 Å². The van der Waals surface area contributed by atoms with Crippen LogP contribution < -0.4 is 0 Å². The van der Waals surface area contributed by atoms with Crippen molar-refractivity contribution in [3.05, 3.63) is 53.8 Å². The summed E-state index contributed by atoms with van der Waals surface area (Å²) in [4.78, 5) is 4.29. The molecule has 0 unspecified atom stereocenters. The van der Waals surface area contributed by atoms with Crippen molar-refractivity contribution in [3.8, 4) is 28.6 Å². The summed E-state index contributed by atoms with van der Waals surface area (Å²) in [6.45, 7) is 1.79. The predicted octanol–water partition coefficient (Wildman–Crippen LogP) is 3.56. The fourth-order valence-corrected chi connectivity index (χ4v) is 1.93. The molecular formula is C15H11FN2O2. The van der Waals surface area contributed by atoms with Crippen molar-refractivity contribution in [2.75, 3.05) is 0 Å². The summed E-state index contributed by atoms with van der Waals surface area (Å²) in [6.07, 6.45) is 0. The van der Waals surface area contributed by atoms with E-state index in [0.717, 1.165) is 11.1 Å². The minimum absolute atomic E-state index is 0.169. The molecule has 0 atom stereocenters. The second-order valence-electron chi connectivity index (χ2n) is 4.43. The zero-order valence-corrected chi connectivity index (χ0v) is 10.7. The number of halogens is 1. The summed E-state index contributed by atoms with van der Waals surface area (Å²) in [5, 5.41) is 13.2. The first kappa shape index (κ1) is 12.3. The second kappa shape index (κ2) is 4.77. The van der Waals surface area contributed by atoms with Crippen LogP contribution in [0.4, 0.5) is 4.39 Å². The molecule has 0 saturated heterocycles. The molecule has 1 aromatic heterocycles. The maximum absolute atomic E-state index is 13.1. The molecule has 2 aromatic carbocycles. The maximum atomic E-state index is 13.1. The van der Waals surface area contributed by atoms with Crippen LogP contribution in [0.15, 0.2) is 47.0 Å². The number of rotatable bonds is 2. The van der Waals surface area contributed by atoms with Gasteiger partial charge in [-0.05, 0) is 55.0 Å². The highest BCUT2D eigenvalue weighted by Gasteiger charge is 2.12. The van der Waals surface area contributed by atoms with Gasteiger partial charge in [0, 0.05) is 11.1 Å². The van der Waals surface area contributed by atoms with Gasteiger partial charge < -0.3 is 9.63 Å². The first-order valence-electron chi connectivity index (χ1n) is 6.03. The molecule has 3 rings (SSSR count). The van der Waals surface area contributed by atoms with Crippen molar-refractivity contribution < 1.29 is 14.0 Å². The Bertz CT molecular complexity index is 751. The number of phenolic OH excluding ortho intramolecular Hbond substituents is 1. The van der Waals surface area contributed by atoms with E-state index < -0.39 is 0 Å². The summed E-state index contributed by atoms with van der Waals surface area (Å²) in [7, 11) is 0. The lowest BCUT2D eigenvalue weighted by Gasteiger charge is -1.99. The molecule has 0 spiro atoms. The van der Waals surface area contributed by atoms with Crippen LogP contribution in [0.3, 0.4) is 0 Å². The molecule has 20 heavy (non-hydrogen) atoms. The third kappa shape index (κ3) is 2.25. The molecule has 1 heterocycles. The van der Waals surface area contributed by atoms with Crippen molar-refractivity contribution in [2.45, 2.75) is 6.92 Å². The van der Waals surface area contributed by atoms with E-state index in [2.05, 4.69) is 10.1 Å². The summed E-state index contributed by atoms with van der Waals surface area (Å²) < 4.78 is 18.3. The van der Waals surface area contributed by atoms with Crippen LogP contribution in [0.2, 0.25) is 0 Å². The quantitative estimate of drug-likeness (QED) is 0.773. The summed E-state index contributed by atoms with van der Waals surface area (Å²) in [5.41, 5.74) is 2.17. The third-order valence-electron chi connectivity index (χ3n) is 2.97. The lowest BCUT2D eigenvalue weighted by Crippen LogP contribution is -1.87. The van der Waals surface area contributed by atoms with Gasteiger partial charge in [-0.1, -0.05) is 5.16 Å². The molecule has 0 radical (unpaired) electrons. The van der Waals surface area contributed by atoms with E-state index in [0.29, 0.717) is 17.3 Å². The summed E-state index contributed by atoms with van der Waals surface area (Å²) in [6, 6.07) is 10.9. The number of benzene rings is 2. The van der Waals surface area contributed by atoms with E-state index in [9.17, 15) is 9.50 Å². The monoisotopic (exact) mass is 270 g/mol. The molecule has 3 aromatic rings. The minimum Gasteiger partial charge on any atom is -0.508 e. The molecule has 0 fully saturated rings. The van der Waals surface area contributed by atoms with Crippen LogP contribution in [0.25, 0.3) is 22.8 Å². The number of aromatic nitrogens is 2. The number of hydrogen-bond acceptors (Lipinski definition) is 4. The number of nitrogens with zero attached hydrogens (tertiary/aromatic N) is 2. The summed E-state index contributed by atoms with van der Waals surface area (Å²) >= 11 is 0. The molecule has 5 heteroatoms. The Morgan fingerprint density at radius 1 is 1.10 bits per heavy atom. The predicted molar refractivity (Wildman–Crippen MR) is 71.5 cm³/mol. The molecule has 0 amide bonds. The highest BCUT2D eigenvalue weighted by atomic mass is 19.1. The van der Waals surface area contributed by atoms with E-state index in [1.807, 2.05) is 0 Å². The van der Waals surface area contributed by atoms with E-state index in [-0.39, 0.29) is 11.6 Å². The SMILES string of the molecule is Cc1cc(F)ccc1-c1noc(-c2ccc(O)cc2)n1. The van der Waals surface area contributed by atoms with Gasteiger partial charge in [0.05, 0.1) is 0 Å². The topological polar surface area (TPSA) is 59.2 Å². The van der Waals surface area contributed by atoms with Crippen LogP contribution >= 0.6 is 0 Å². The molecule has 0 bridgehead atoms. The molecule has 0 aliphatic carbocycles. The van der Waals surface area contributed by atoms with Crippen molar-refractivity contribution >= 4 is 0 Å². The molecule has 0 aliphatic rings. The van der Waals surface area contributed by atoms with Crippen molar-refractivity contribution in [1.29, 1.82) is 0 Å². The molecule has 4 nitrogen and oxygen atoms in total. The van der Waals surface area contributed by atoms with Crippen molar-refractivity contribution in [3.63, 3.8) is 0 Å². The zero-order chi connectivity index (χ0) is 14.1. The van der Waals surface area contributed by atoms with Gasteiger partial charge in [-0.15, -0.1) is 0 Å². The van der Waals surface area contributed by atoms with Crippen LogP contribution in [0, 0.1) is 12.7 Å². The standard InChI is InChI=1S/C15H11FN2O2/c1-9-8-11(16)4-7-13(9)14-17-15(20-18-14)10-2-5-12(19)6-3-10/h2-8,19H,1H3. The Kier molecular flexibility index (Phi) is 2.95. The Balaban J connectivity index is 1.99. The molecular weight excluding hydrogens is 259 g/mol. The number of phenols is 1. The van der Waals surface area contributed by atoms with Gasteiger partial charge in [-0.3, -0.25) is 0 Å². The van der Waals surface area contributed by atoms with Gasteiger partial charge in [-0.25, -0.2) is 4.39 Å². The van der Waals surface area contributed by atoms with Gasteiger partial charge in [0.25, 0.3) is 5.89 Å². The number of aryl methyl sites for hydroxylation is 1. The van der Waals surface area contributed by atoms with Gasteiger partial charge in [0.15, 0.2) is 0 Å². The smallest absolute Gasteiger partial charge is 0.258 e. The van der Waals surface area contributed by atoms with Crippen molar-refractivity contribution in [1.82, 2.24) is 10.1 Å². The molecule has 0 aliphatic heterocycles. The average molecular weight is 270 g/mol. The molecule has 100 valence electrons. The lowest BCUT2D eigenvalue weighted by molar-refractivity contribution is 0.432. The number of aromatic hydroxyl groups is 1. The Labute approximate surface area is 114 Å². The lowest BCUT2D eigenvalue weighted by atomic mass is 10.1. The number of hydrogen-bond donors (Lipinski definition) is 1. The Morgan fingerprint density at radius 2 is 1.85 bits per heavy atom. The average Bonchev–Trinajstić information content (AvgIpc) is 2.89. The third-order valence-corrected chi connectivity index (χ3v) is 2.97. The molecule has 1 N–H and O–H groups in total. The largest absolute Gasteiger partial charge is 0.508 e. The van der Waals surface area contributed by atoms with Gasteiger partial charge in [-0.2, -0.15) is 4.98 Å². The van der Waals surface area contributed by atoms with E-state index >= 15 is 0 Å². The minimum atomic E-state index is -0.298. The second-order valence-corrected chi connectivity index (χ2v) is 4.43.